The number of hydrogen-bond acceptors (Lipinski definition) is 4. The third-order valence-electron chi connectivity index (χ3n) is 2.34. The van der Waals surface area contributed by atoms with Gasteiger partial charge < -0.3 is 10.4 Å². The summed E-state index contributed by atoms with van der Waals surface area (Å²) in [6.07, 6.45) is 0.783. The van der Waals surface area contributed by atoms with E-state index in [1.165, 1.54) is 12.1 Å². The molecule has 8 heteroatoms. The maximum Gasteiger partial charge on any atom is 0.305 e. The number of aryl methyl sites for hydroxylation is 1. The number of carboxylic acids is 1. The second-order valence-corrected chi connectivity index (χ2v) is 6.07. The molecule has 0 fully saturated rings. The molecule has 0 aliphatic rings. The van der Waals surface area contributed by atoms with E-state index in [0.29, 0.717) is 0 Å². The molecule has 0 bridgehead atoms. The molecule has 0 saturated carbocycles. The van der Waals surface area contributed by atoms with Crippen molar-refractivity contribution in [1.29, 1.82) is 0 Å². The Hall–Kier alpha value is -2.09. The molecule has 1 rings (SSSR count). The van der Waals surface area contributed by atoms with Gasteiger partial charge in [-0.3, -0.25) is 14.3 Å². The predicted molar refractivity (Wildman–Crippen MR) is 74.2 cm³/mol. The Bertz CT molecular complexity index is 625. The third-order valence-corrected chi connectivity index (χ3v) is 2.93. The summed E-state index contributed by atoms with van der Waals surface area (Å²) in [6, 6.07) is 4.69. The van der Waals surface area contributed by atoms with Gasteiger partial charge in [-0.05, 0) is 19.1 Å². The van der Waals surface area contributed by atoms with Crippen LogP contribution in [0.1, 0.15) is 22.3 Å². The van der Waals surface area contributed by atoms with Crippen molar-refractivity contribution in [1.82, 2.24) is 5.32 Å². The number of carbonyl (C=O) groups excluding carboxylic acids is 1. The van der Waals surface area contributed by atoms with Gasteiger partial charge in [0.15, 0.2) is 0 Å². The van der Waals surface area contributed by atoms with Crippen LogP contribution < -0.4 is 10.0 Å². The van der Waals surface area contributed by atoms with E-state index in [-0.39, 0.29) is 24.2 Å². The number of carboxylic acid groups (broad SMARTS) is 1. The number of rotatable bonds is 6. The SMILES string of the molecule is Cc1ccc(NS(C)(=O)=O)c(C(=O)NCCC(=O)O)c1. The Labute approximate surface area is 117 Å². The summed E-state index contributed by atoms with van der Waals surface area (Å²) in [6.45, 7) is 1.73. The topological polar surface area (TPSA) is 113 Å². The van der Waals surface area contributed by atoms with E-state index in [2.05, 4.69) is 10.0 Å². The van der Waals surface area contributed by atoms with Crippen LogP contribution in [-0.4, -0.2) is 38.2 Å². The van der Waals surface area contributed by atoms with Crippen molar-refractivity contribution in [2.45, 2.75) is 13.3 Å². The van der Waals surface area contributed by atoms with Crippen molar-refractivity contribution in [2.24, 2.45) is 0 Å². The minimum Gasteiger partial charge on any atom is -0.481 e. The van der Waals surface area contributed by atoms with E-state index in [4.69, 9.17) is 5.11 Å². The molecule has 3 N–H and O–H groups in total. The highest BCUT2D eigenvalue weighted by atomic mass is 32.2. The molecule has 0 radical (unpaired) electrons. The van der Waals surface area contributed by atoms with Gasteiger partial charge in [-0.2, -0.15) is 0 Å². The van der Waals surface area contributed by atoms with Crippen LogP contribution in [0.15, 0.2) is 18.2 Å². The minimum absolute atomic E-state index is 0.0274. The normalized spacial score (nSPS) is 10.9. The molecule has 0 unspecified atom stereocenters. The van der Waals surface area contributed by atoms with E-state index in [1.54, 1.807) is 13.0 Å². The van der Waals surface area contributed by atoms with E-state index in [9.17, 15) is 18.0 Å². The fourth-order valence-electron chi connectivity index (χ4n) is 1.51. The van der Waals surface area contributed by atoms with Gasteiger partial charge in [-0.25, -0.2) is 8.42 Å². The number of carbonyl (C=O) groups is 2. The molecule has 0 aliphatic heterocycles. The molecule has 0 aromatic heterocycles. The zero-order chi connectivity index (χ0) is 15.3. The summed E-state index contributed by atoms with van der Waals surface area (Å²) in [5.41, 5.74) is 1.10. The number of nitrogens with one attached hydrogen (secondary N) is 2. The standard InChI is InChI=1S/C12H16N2O5S/c1-8-3-4-10(14-20(2,18)19)9(7-8)12(17)13-6-5-11(15)16/h3-4,7,14H,5-6H2,1-2H3,(H,13,17)(H,15,16). The first-order chi connectivity index (χ1) is 9.19. The Kier molecular flexibility index (Phi) is 5.09. The fraction of sp³-hybridized carbons (Fsp3) is 0.333. The number of sulfonamides is 1. The van der Waals surface area contributed by atoms with Gasteiger partial charge in [-0.15, -0.1) is 0 Å². The molecule has 0 heterocycles. The highest BCUT2D eigenvalue weighted by molar-refractivity contribution is 7.92. The maximum atomic E-state index is 11.9. The van der Waals surface area contributed by atoms with Crippen molar-refractivity contribution in [2.75, 3.05) is 17.5 Å². The number of benzene rings is 1. The summed E-state index contributed by atoms with van der Waals surface area (Å²) in [7, 11) is -3.50. The Morgan fingerprint density at radius 3 is 2.50 bits per heavy atom. The highest BCUT2D eigenvalue weighted by Crippen LogP contribution is 2.18. The van der Waals surface area contributed by atoms with E-state index >= 15 is 0 Å². The van der Waals surface area contributed by atoms with Gasteiger partial charge in [0.2, 0.25) is 10.0 Å². The molecular formula is C12H16N2O5S. The average molecular weight is 300 g/mol. The molecule has 110 valence electrons. The zero-order valence-electron chi connectivity index (χ0n) is 11.1. The lowest BCUT2D eigenvalue weighted by Gasteiger charge is -2.11. The highest BCUT2D eigenvalue weighted by Gasteiger charge is 2.14. The summed E-state index contributed by atoms with van der Waals surface area (Å²) in [4.78, 5) is 22.3. The summed E-state index contributed by atoms with van der Waals surface area (Å²) >= 11 is 0. The second kappa shape index (κ2) is 6.38. The number of anilines is 1. The fourth-order valence-corrected chi connectivity index (χ4v) is 2.09. The van der Waals surface area contributed by atoms with Crippen molar-refractivity contribution < 1.29 is 23.1 Å². The van der Waals surface area contributed by atoms with Crippen molar-refractivity contribution in [3.8, 4) is 0 Å². The molecule has 1 aromatic rings. The smallest absolute Gasteiger partial charge is 0.305 e. The van der Waals surface area contributed by atoms with Gasteiger partial charge in [-0.1, -0.05) is 11.6 Å². The first-order valence-electron chi connectivity index (χ1n) is 5.77. The maximum absolute atomic E-state index is 11.9. The van der Waals surface area contributed by atoms with Crippen LogP contribution in [0.2, 0.25) is 0 Å². The number of amides is 1. The predicted octanol–water partition coefficient (Wildman–Crippen LogP) is 0.571. The van der Waals surface area contributed by atoms with Crippen LogP contribution in [0, 0.1) is 6.92 Å². The quantitative estimate of drug-likeness (QED) is 0.711. The van der Waals surface area contributed by atoms with Crippen molar-refractivity contribution in [3.63, 3.8) is 0 Å². The van der Waals surface area contributed by atoms with Crippen LogP contribution in [0.25, 0.3) is 0 Å². The second-order valence-electron chi connectivity index (χ2n) is 4.32. The van der Waals surface area contributed by atoms with Crippen LogP contribution in [0.4, 0.5) is 5.69 Å². The van der Waals surface area contributed by atoms with Gasteiger partial charge in [0.1, 0.15) is 0 Å². The molecular weight excluding hydrogens is 284 g/mol. The molecule has 0 aliphatic carbocycles. The molecule has 20 heavy (non-hydrogen) atoms. The first-order valence-corrected chi connectivity index (χ1v) is 7.66. The van der Waals surface area contributed by atoms with E-state index < -0.39 is 21.9 Å². The van der Waals surface area contributed by atoms with Gasteiger partial charge in [0.25, 0.3) is 5.91 Å². The molecule has 0 atom stereocenters. The van der Waals surface area contributed by atoms with Crippen LogP contribution in [-0.2, 0) is 14.8 Å². The molecule has 0 saturated heterocycles. The van der Waals surface area contributed by atoms with Gasteiger partial charge in [0, 0.05) is 6.54 Å². The molecule has 7 nitrogen and oxygen atoms in total. The lowest BCUT2D eigenvalue weighted by Crippen LogP contribution is -2.27. The Morgan fingerprint density at radius 2 is 1.95 bits per heavy atom. The van der Waals surface area contributed by atoms with Gasteiger partial charge >= 0.3 is 5.97 Å². The number of hydrogen-bond donors (Lipinski definition) is 3. The monoisotopic (exact) mass is 300 g/mol. The largest absolute Gasteiger partial charge is 0.481 e. The van der Waals surface area contributed by atoms with E-state index in [1.807, 2.05) is 0 Å². The van der Waals surface area contributed by atoms with Crippen LogP contribution >= 0.6 is 0 Å². The summed E-state index contributed by atoms with van der Waals surface area (Å²) in [5.74, 6) is -1.55. The average Bonchev–Trinajstić information content (AvgIpc) is 2.29. The van der Waals surface area contributed by atoms with Crippen molar-refractivity contribution >= 4 is 27.6 Å². The minimum atomic E-state index is -3.50. The third kappa shape index (κ3) is 5.27. The molecule has 1 amide bonds. The van der Waals surface area contributed by atoms with Crippen LogP contribution in [0.3, 0.4) is 0 Å². The Balaban J connectivity index is 2.94. The summed E-state index contributed by atoms with van der Waals surface area (Å²) < 4.78 is 24.7. The molecule has 0 spiro atoms. The first kappa shape index (κ1) is 16.0. The van der Waals surface area contributed by atoms with Gasteiger partial charge in [0.05, 0.1) is 23.9 Å². The molecule has 1 aromatic carbocycles. The van der Waals surface area contributed by atoms with Crippen LogP contribution in [0.5, 0.6) is 0 Å². The zero-order valence-corrected chi connectivity index (χ0v) is 12.0. The summed E-state index contributed by atoms with van der Waals surface area (Å²) in [5, 5.41) is 10.9. The Morgan fingerprint density at radius 1 is 1.30 bits per heavy atom. The van der Waals surface area contributed by atoms with E-state index in [0.717, 1.165) is 11.8 Å². The lowest BCUT2D eigenvalue weighted by atomic mass is 10.1. The number of aliphatic carboxylic acids is 1. The van der Waals surface area contributed by atoms with Crippen molar-refractivity contribution in [3.05, 3.63) is 29.3 Å². The lowest BCUT2D eigenvalue weighted by molar-refractivity contribution is -0.136.